The molecule has 154 valence electrons. The predicted molar refractivity (Wildman–Crippen MR) is 117 cm³/mol. The van der Waals surface area contributed by atoms with E-state index in [1.54, 1.807) is 18.2 Å². The second kappa shape index (κ2) is 9.56. The molecular weight excluding hydrogens is 456 g/mol. The first-order chi connectivity index (χ1) is 13.9. The van der Waals surface area contributed by atoms with Gasteiger partial charge in [0.05, 0.1) is 7.11 Å². The van der Waals surface area contributed by atoms with Crippen molar-refractivity contribution >= 4 is 43.6 Å². The SMILES string of the molecule is COc1ccc(NC(=O)/C=C/c2ccccc2Br)cc1S(=O)(=O)N1CCCCC1. The van der Waals surface area contributed by atoms with Gasteiger partial charge in [-0.3, -0.25) is 4.79 Å². The van der Waals surface area contributed by atoms with Crippen molar-refractivity contribution in [3.8, 4) is 5.75 Å². The van der Waals surface area contributed by atoms with E-state index in [9.17, 15) is 13.2 Å². The lowest BCUT2D eigenvalue weighted by Crippen LogP contribution is -2.35. The molecule has 0 atom stereocenters. The predicted octanol–water partition coefficient (Wildman–Crippen LogP) is 4.28. The highest BCUT2D eigenvalue weighted by Gasteiger charge is 2.29. The number of carbonyl (C=O) groups is 1. The summed E-state index contributed by atoms with van der Waals surface area (Å²) in [5, 5.41) is 2.72. The van der Waals surface area contributed by atoms with Crippen molar-refractivity contribution < 1.29 is 17.9 Å². The molecule has 6 nitrogen and oxygen atoms in total. The molecule has 0 saturated carbocycles. The summed E-state index contributed by atoms with van der Waals surface area (Å²) in [6.45, 7) is 0.994. The lowest BCUT2D eigenvalue weighted by molar-refractivity contribution is -0.111. The molecule has 1 fully saturated rings. The zero-order valence-corrected chi connectivity index (χ0v) is 18.5. The Hall–Kier alpha value is -2.16. The smallest absolute Gasteiger partial charge is 0.248 e. The lowest BCUT2D eigenvalue weighted by atomic mass is 10.2. The van der Waals surface area contributed by atoms with Crippen LogP contribution in [0.5, 0.6) is 5.75 Å². The van der Waals surface area contributed by atoms with Crippen LogP contribution in [0, 0.1) is 0 Å². The summed E-state index contributed by atoms with van der Waals surface area (Å²) >= 11 is 3.43. The van der Waals surface area contributed by atoms with Crippen LogP contribution in [-0.2, 0) is 14.8 Å². The van der Waals surface area contributed by atoms with Gasteiger partial charge in [-0.05, 0) is 48.7 Å². The molecule has 0 spiro atoms. The van der Waals surface area contributed by atoms with Crippen molar-refractivity contribution in [2.24, 2.45) is 0 Å². The topological polar surface area (TPSA) is 75.7 Å². The standard InChI is InChI=1S/C21H23BrN2O4S/c1-28-19-11-10-17(15-20(19)29(26,27)24-13-5-2-6-14-24)23-21(25)12-9-16-7-3-4-8-18(16)22/h3-4,7-12,15H,2,5-6,13-14H2,1H3,(H,23,25)/b12-9+. The van der Waals surface area contributed by atoms with Crippen LogP contribution >= 0.6 is 15.9 Å². The number of hydrogen-bond acceptors (Lipinski definition) is 4. The number of hydrogen-bond donors (Lipinski definition) is 1. The molecule has 2 aromatic carbocycles. The first kappa shape index (κ1) is 21.5. The maximum atomic E-state index is 13.1. The van der Waals surface area contributed by atoms with E-state index in [1.807, 2.05) is 24.3 Å². The third-order valence-corrected chi connectivity index (χ3v) is 7.33. The molecular formula is C21H23BrN2O4S. The molecule has 0 aromatic heterocycles. The number of methoxy groups -OCH3 is 1. The number of carbonyl (C=O) groups excluding carboxylic acids is 1. The molecule has 29 heavy (non-hydrogen) atoms. The maximum Gasteiger partial charge on any atom is 0.248 e. The number of nitrogens with one attached hydrogen (secondary N) is 1. The van der Waals surface area contributed by atoms with Gasteiger partial charge in [-0.25, -0.2) is 8.42 Å². The van der Waals surface area contributed by atoms with Crippen LogP contribution in [0.3, 0.4) is 0 Å². The van der Waals surface area contributed by atoms with E-state index >= 15 is 0 Å². The number of rotatable bonds is 6. The van der Waals surface area contributed by atoms with Crippen molar-refractivity contribution in [1.29, 1.82) is 0 Å². The Labute approximate surface area is 179 Å². The summed E-state index contributed by atoms with van der Waals surface area (Å²) in [7, 11) is -2.26. The fourth-order valence-electron chi connectivity index (χ4n) is 3.16. The molecule has 0 radical (unpaired) electrons. The Balaban J connectivity index is 1.81. The van der Waals surface area contributed by atoms with Crippen molar-refractivity contribution in [3.63, 3.8) is 0 Å². The highest BCUT2D eigenvalue weighted by atomic mass is 79.9. The van der Waals surface area contributed by atoms with E-state index < -0.39 is 10.0 Å². The van der Waals surface area contributed by atoms with Crippen LogP contribution in [0.2, 0.25) is 0 Å². The van der Waals surface area contributed by atoms with Crippen LogP contribution in [0.25, 0.3) is 6.08 Å². The van der Waals surface area contributed by atoms with Gasteiger partial charge >= 0.3 is 0 Å². The van der Waals surface area contributed by atoms with Crippen molar-refractivity contribution in [2.75, 3.05) is 25.5 Å². The van der Waals surface area contributed by atoms with Gasteiger partial charge in [0.25, 0.3) is 0 Å². The average molecular weight is 479 g/mol. The summed E-state index contributed by atoms with van der Waals surface area (Å²) in [6.07, 6.45) is 5.82. The second-order valence-corrected chi connectivity index (χ2v) is 9.44. The van der Waals surface area contributed by atoms with Crippen LogP contribution in [-0.4, -0.2) is 38.8 Å². The van der Waals surface area contributed by atoms with Crippen LogP contribution in [0.15, 0.2) is 57.9 Å². The van der Waals surface area contributed by atoms with Crippen LogP contribution in [0.4, 0.5) is 5.69 Å². The quantitative estimate of drug-likeness (QED) is 0.628. The van der Waals surface area contributed by atoms with E-state index in [4.69, 9.17) is 4.74 Å². The summed E-state index contributed by atoms with van der Waals surface area (Å²) in [4.78, 5) is 12.4. The number of nitrogens with zero attached hydrogens (tertiary/aromatic N) is 1. The molecule has 1 amide bonds. The number of amides is 1. The van der Waals surface area contributed by atoms with Gasteiger partial charge in [0.15, 0.2) is 0 Å². The molecule has 0 aliphatic carbocycles. The third kappa shape index (κ3) is 5.26. The average Bonchev–Trinajstić information content (AvgIpc) is 2.74. The first-order valence-corrected chi connectivity index (χ1v) is 11.6. The van der Waals surface area contributed by atoms with E-state index in [0.717, 1.165) is 29.3 Å². The molecule has 8 heteroatoms. The first-order valence-electron chi connectivity index (χ1n) is 9.33. The summed E-state index contributed by atoms with van der Waals surface area (Å²) in [5.74, 6) is -0.0930. The fourth-order valence-corrected chi connectivity index (χ4v) is 5.28. The highest BCUT2D eigenvalue weighted by molar-refractivity contribution is 9.10. The molecule has 1 aliphatic heterocycles. The van der Waals surface area contributed by atoms with Gasteiger partial charge < -0.3 is 10.1 Å². The van der Waals surface area contributed by atoms with Crippen molar-refractivity contribution in [2.45, 2.75) is 24.2 Å². The number of ether oxygens (including phenoxy) is 1. The highest BCUT2D eigenvalue weighted by Crippen LogP contribution is 2.31. The second-order valence-electron chi connectivity index (χ2n) is 6.67. The monoisotopic (exact) mass is 478 g/mol. The van der Waals surface area contributed by atoms with E-state index in [0.29, 0.717) is 18.8 Å². The largest absolute Gasteiger partial charge is 0.495 e. The number of piperidine rings is 1. The Morgan fingerprint density at radius 1 is 1.14 bits per heavy atom. The van der Waals surface area contributed by atoms with Gasteiger partial charge in [-0.15, -0.1) is 0 Å². The molecule has 0 bridgehead atoms. The molecule has 0 unspecified atom stereocenters. The Morgan fingerprint density at radius 3 is 2.55 bits per heavy atom. The molecule has 2 aromatic rings. The molecule has 1 aliphatic rings. The fraction of sp³-hybridized carbons (Fsp3) is 0.286. The van der Waals surface area contributed by atoms with Gasteiger partial charge in [0.2, 0.25) is 15.9 Å². The maximum absolute atomic E-state index is 13.1. The summed E-state index contributed by atoms with van der Waals surface area (Å²) < 4.78 is 33.8. The summed E-state index contributed by atoms with van der Waals surface area (Å²) in [6, 6.07) is 12.2. The zero-order valence-electron chi connectivity index (χ0n) is 16.1. The van der Waals surface area contributed by atoms with Gasteiger partial charge in [-0.2, -0.15) is 4.31 Å². The molecule has 1 heterocycles. The number of anilines is 1. The van der Waals surface area contributed by atoms with E-state index in [1.165, 1.54) is 23.6 Å². The summed E-state index contributed by atoms with van der Waals surface area (Å²) in [5.41, 5.74) is 1.26. The van der Waals surface area contributed by atoms with Gasteiger partial charge in [0.1, 0.15) is 10.6 Å². The zero-order chi connectivity index (χ0) is 20.9. The third-order valence-electron chi connectivity index (χ3n) is 4.68. The Morgan fingerprint density at radius 2 is 1.86 bits per heavy atom. The van der Waals surface area contributed by atoms with Crippen molar-refractivity contribution in [1.82, 2.24) is 4.31 Å². The van der Waals surface area contributed by atoms with Crippen LogP contribution < -0.4 is 10.1 Å². The normalized spacial score (nSPS) is 15.4. The minimum absolute atomic E-state index is 0.0643. The molecule has 3 rings (SSSR count). The Bertz CT molecular complexity index is 1020. The Kier molecular flexibility index (Phi) is 7.10. The van der Waals surface area contributed by atoms with Gasteiger partial charge in [-0.1, -0.05) is 40.5 Å². The molecule has 1 N–H and O–H groups in total. The van der Waals surface area contributed by atoms with Crippen molar-refractivity contribution in [3.05, 3.63) is 58.6 Å². The van der Waals surface area contributed by atoms with E-state index in [-0.39, 0.29) is 16.6 Å². The van der Waals surface area contributed by atoms with Gasteiger partial charge in [0, 0.05) is 29.3 Å². The lowest BCUT2D eigenvalue weighted by Gasteiger charge is -2.26. The number of sulfonamides is 1. The van der Waals surface area contributed by atoms with E-state index in [2.05, 4.69) is 21.2 Å². The molecule has 1 saturated heterocycles. The van der Waals surface area contributed by atoms with Crippen LogP contribution in [0.1, 0.15) is 24.8 Å². The minimum Gasteiger partial charge on any atom is -0.495 e. The number of benzene rings is 2. The minimum atomic E-state index is -3.69. The number of halogens is 1.